The van der Waals surface area contributed by atoms with Gasteiger partial charge in [0, 0.05) is 32.3 Å². The Hall–Kier alpha value is -3.25. The van der Waals surface area contributed by atoms with E-state index in [0.29, 0.717) is 37.8 Å². The molecule has 2 spiro atoms. The minimum atomic E-state index is -4.79. The van der Waals surface area contributed by atoms with E-state index in [1.807, 2.05) is 11.0 Å². The van der Waals surface area contributed by atoms with Crippen molar-refractivity contribution in [3.05, 3.63) is 52.7 Å². The van der Waals surface area contributed by atoms with Crippen molar-refractivity contribution < 1.29 is 31.8 Å². The Bertz CT molecular complexity index is 1500. The third-order valence-electron chi connectivity index (χ3n) is 9.20. The lowest BCUT2D eigenvalue weighted by atomic mass is 9.54. The van der Waals surface area contributed by atoms with Gasteiger partial charge in [0.05, 0.1) is 42.3 Å². The SMILES string of the molecule is COCCC(=O)N1CCC2(CC1)CC1(C2)OCCn2c1cc1c(N[C@H](C)c3cccc(C(F)(F)F)c3F)nc(C)nc12. The number of anilines is 1. The highest BCUT2D eigenvalue weighted by Gasteiger charge is 2.59. The molecule has 1 aliphatic carbocycles. The number of alkyl halides is 3. The normalized spacial score (nSPS) is 20.0. The van der Waals surface area contributed by atoms with E-state index >= 15 is 0 Å². The molecule has 1 saturated heterocycles. The molecular weight excluding hydrogens is 554 g/mol. The van der Waals surface area contributed by atoms with Crippen LogP contribution in [0.25, 0.3) is 11.0 Å². The number of halogens is 4. The van der Waals surface area contributed by atoms with E-state index in [1.54, 1.807) is 21.0 Å². The van der Waals surface area contributed by atoms with Crippen LogP contribution in [0.5, 0.6) is 0 Å². The first kappa shape index (κ1) is 28.9. The number of fused-ring (bicyclic) bond motifs is 4. The molecule has 6 rings (SSSR count). The number of carbonyl (C=O) groups excluding carboxylic acids is 1. The molecule has 4 heterocycles. The van der Waals surface area contributed by atoms with Crippen LogP contribution in [0, 0.1) is 18.2 Å². The van der Waals surface area contributed by atoms with Crippen LogP contribution in [0.4, 0.5) is 23.4 Å². The Kier molecular flexibility index (Phi) is 7.20. The van der Waals surface area contributed by atoms with Gasteiger partial charge in [0.1, 0.15) is 28.7 Å². The molecule has 3 aromatic rings. The number of piperidine rings is 1. The fraction of sp³-hybridized carbons (Fsp3) is 0.567. The monoisotopic (exact) mass is 589 g/mol. The van der Waals surface area contributed by atoms with Crippen LogP contribution in [0.2, 0.25) is 0 Å². The molecule has 1 atom stereocenters. The average molecular weight is 590 g/mol. The van der Waals surface area contributed by atoms with Gasteiger partial charge in [0.15, 0.2) is 0 Å². The molecule has 42 heavy (non-hydrogen) atoms. The molecule has 1 aromatic carbocycles. The second-order valence-electron chi connectivity index (χ2n) is 11.9. The van der Waals surface area contributed by atoms with Gasteiger partial charge in [-0.2, -0.15) is 13.2 Å². The highest BCUT2D eigenvalue weighted by Crippen LogP contribution is 2.62. The van der Waals surface area contributed by atoms with Gasteiger partial charge in [-0.15, -0.1) is 0 Å². The van der Waals surface area contributed by atoms with E-state index in [9.17, 15) is 22.4 Å². The van der Waals surface area contributed by atoms with Gasteiger partial charge >= 0.3 is 6.18 Å². The molecule has 2 aliphatic heterocycles. The Labute approximate surface area is 241 Å². The van der Waals surface area contributed by atoms with Crippen molar-refractivity contribution in [2.75, 3.05) is 38.7 Å². The molecule has 1 N–H and O–H groups in total. The molecular formula is C30H35F4N5O3. The first-order chi connectivity index (χ1) is 20.0. The van der Waals surface area contributed by atoms with Crippen molar-refractivity contribution in [3.63, 3.8) is 0 Å². The summed E-state index contributed by atoms with van der Waals surface area (Å²) in [6.07, 6.45) is -0.863. The summed E-state index contributed by atoms with van der Waals surface area (Å²) in [7, 11) is 1.60. The smallest absolute Gasteiger partial charge is 0.384 e. The predicted molar refractivity (Wildman–Crippen MR) is 147 cm³/mol. The Balaban J connectivity index is 1.25. The van der Waals surface area contributed by atoms with E-state index in [2.05, 4.69) is 14.9 Å². The fourth-order valence-corrected chi connectivity index (χ4v) is 7.11. The number of methoxy groups -OCH3 is 1. The van der Waals surface area contributed by atoms with Crippen LogP contribution in [0.1, 0.15) is 67.7 Å². The number of nitrogens with zero attached hydrogens (tertiary/aromatic N) is 4. The molecule has 3 aliphatic rings. The van der Waals surface area contributed by atoms with Gasteiger partial charge in [-0.25, -0.2) is 14.4 Å². The fourth-order valence-electron chi connectivity index (χ4n) is 7.11. The Morgan fingerprint density at radius 3 is 2.62 bits per heavy atom. The first-order valence-electron chi connectivity index (χ1n) is 14.4. The van der Waals surface area contributed by atoms with Crippen molar-refractivity contribution in [2.24, 2.45) is 5.41 Å². The number of aryl methyl sites for hydroxylation is 1. The van der Waals surface area contributed by atoms with E-state index in [0.717, 1.165) is 61.6 Å². The largest absolute Gasteiger partial charge is 0.419 e. The Morgan fingerprint density at radius 1 is 1.19 bits per heavy atom. The Morgan fingerprint density at radius 2 is 1.93 bits per heavy atom. The molecule has 2 fully saturated rings. The summed E-state index contributed by atoms with van der Waals surface area (Å²) < 4.78 is 68.6. The summed E-state index contributed by atoms with van der Waals surface area (Å²) in [5.41, 5.74) is -0.0149. The number of benzene rings is 1. The zero-order chi connectivity index (χ0) is 29.9. The van der Waals surface area contributed by atoms with Gasteiger partial charge in [0.2, 0.25) is 5.91 Å². The number of carbonyl (C=O) groups is 1. The van der Waals surface area contributed by atoms with Crippen molar-refractivity contribution >= 4 is 22.8 Å². The molecule has 1 saturated carbocycles. The number of rotatable bonds is 6. The maximum atomic E-state index is 14.9. The maximum Gasteiger partial charge on any atom is 0.419 e. The van der Waals surface area contributed by atoms with Crippen molar-refractivity contribution in [2.45, 2.75) is 70.3 Å². The number of aromatic nitrogens is 3. The molecule has 8 nitrogen and oxygen atoms in total. The summed E-state index contributed by atoms with van der Waals surface area (Å²) in [6.45, 7) is 6.40. The second-order valence-corrected chi connectivity index (χ2v) is 11.9. The van der Waals surface area contributed by atoms with Gasteiger partial charge in [-0.05, 0) is 57.1 Å². The minimum absolute atomic E-state index is 0.0917. The lowest BCUT2D eigenvalue weighted by Crippen LogP contribution is -2.58. The summed E-state index contributed by atoms with van der Waals surface area (Å²) in [6, 6.07) is 4.54. The average Bonchev–Trinajstić information content (AvgIpc) is 3.31. The lowest BCUT2D eigenvalue weighted by molar-refractivity contribution is -0.206. The second kappa shape index (κ2) is 10.5. The van der Waals surface area contributed by atoms with E-state index in [1.165, 1.54) is 12.1 Å². The van der Waals surface area contributed by atoms with Crippen molar-refractivity contribution in [1.29, 1.82) is 0 Å². The van der Waals surface area contributed by atoms with Crippen LogP contribution in [-0.4, -0.2) is 58.8 Å². The molecule has 0 bridgehead atoms. The van der Waals surface area contributed by atoms with Crippen LogP contribution in [0.15, 0.2) is 24.3 Å². The van der Waals surface area contributed by atoms with Gasteiger partial charge in [-0.3, -0.25) is 4.79 Å². The van der Waals surface area contributed by atoms with Gasteiger partial charge < -0.3 is 24.3 Å². The number of likely N-dealkylation sites (tertiary alicyclic amines) is 1. The van der Waals surface area contributed by atoms with E-state index in [4.69, 9.17) is 14.5 Å². The topological polar surface area (TPSA) is 81.5 Å². The molecule has 226 valence electrons. The highest BCUT2D eigenvalue weighted by atomic mass is 19.4. The van der Waals surface area contributed by atoms with Crippen molar-refractivity contribution in [3.8, 4) is 0 Å². The quantitative estimate of drug-likeness (QED) is 0.370. The number of ether oxygens (including phenoxy) is 2. The first-order valence-corrected chi connectivity index (χ1v) is 14.4. The lowest BCUT2D eigenvalue weighted by Gasteiger charge is -2.59. The third kappa shape index (κ3) is 4.92. The van der Waals surface area contributed by atoms with Crippen LogP contribution in [-0.2, 0) is 32.6 Å². The predicted octanol–water partition coefficient (Wildman–Crippen LogP) is 5.74. The zero-order valence-corrected chi connectivity index (χ0v) is 24.0. The summed E-state index contributed by atoms with van der Waals surface area (Å²) in [4.78, 5) is 23.7. The number of nitrogens with one attached hydrogen (secondary N) is 1. The van der Waals surface area contributed by atoms with Crippen LogP contribution in [0.3, 0.4) is 0 Å². The van der Waals surface area contributed by atoms with Crippen molar-refractivity contribution in [1.82, 2.24) is 19.4 Å². The van der Waals surface area contributed by atoms with Crippen LogP contribution >= 0.6 is 0 Å². The van der Waals surface area contributed by atoms with E-state index < -0.39 is 29.2 Å². The summed E-state index contributed by atoms with van der Waals surface area (Å²) in [5, 5.41) is 3.88. The van der Waals surface area contributed by atoms with Crippen LogP contribution < -0.4 is 5.32 Å². The highest BCUT2D eigenvalue weighted by molar-refractivity contribution is 5.89. The molecule has 0 radical (unpaired) electrons. The molecule has 2 aromatic heterocycles. The summed E-state index contributed by atoms with van der Waals surface area (Å²) >= 11 is 0. The molecule has 1 amide bonds. The summed E-state index contributed by atoms with van der Waals surface area (Å²) in [5.74, 6) is -0.223. The molecule has 0 unspecified atom stereocenters. The zero-order valence-electron chi connectivity index (χ0n) is 24.0. The number of hydrogen-bond acceptors (Lipinski definition) is 6. The van der Waals surface area contributed by atoms with Gasteiger partial charge in [-0.1, -0.05) is 12.1 Å². The minimum Gasteiger partial charge on any atom is -0.384 e. The number of hydrogen-bond donors (Lipinski definition) is 1. The maximum absolute atomic E-state index is 14.9. The third-order valence-corrected chi connectivity index (χ3v) is 9.20. The van der Waals surface area contributed by atoms with Gasteiger partial charge in [0.25, 0.3) is 0 Å². The number of amides is 1. The standard InChI is InChI=1S/C30H35F4N5O3/c1-18(20-5-4-6-22(25(20)31)30(32,33)34)35-26-21-15-23-29(42-14-12-39(23)27(21)37-19(2)36-26)16-28(17-29)8-10-38(11-9-28)24(40)7-13-41-3/h4-6,15,18H,7-14,16-17H2,1-3H3,(H,35,36,37)/t18-/m1/s1. The van der Waals surface area contributed by atoms with E-state index in [-0.39, 0.29) is 16.9 Å². The molecule has 12 heteroatoms.